The summed E-state index contributed by atoms with van der Waals surface area (Å²) in [6.45, 7) is 7.15. The number of ether oxygens (including phenoxy) is 1. The largest absolute Gasteiger partial charge is 0.427 e. The van der Waals surface area contributed by atoms with E-state index in [1.165, 1.54) is 29.2 Å². The second-order valence-electron chi connectivity index (χ2n) is 8.37. The summed E-state index contributed by atoms with van der Waals surface area (Å²) >= 11 is 0. The smallest absolute Gasteiger partial charge is 0.308 e. The molecular formula is C27H27N3O2. The van der Waals surface area contributed by atoms with Crippen LogP contribution in [0.4, 0.5) is 0 Å². The van der Waals surface area contributed by atoms with Crippen LogP contribution in [-0.4, -0.2) is 47.8 Å². The Morgan fingerprint density at radius 1 is 0.812 bits per heavy atom. The molecule has 5 nitrogen and oxygen atoms in total. The number of rotatable bonds is 4. The molecule has 0 atom stereocenters. The maximum absolute atomic E-state index is 11.1. The van der Waals surface area contributed by atoms with Crippen LogP contribution in [0.2, 0.25) is 0 Å². The number of esters is 1. The summed E-state index contributed by atoms with van der Waals surface area (Å²) in [4.78, 5) is 13.7. The lowest BCUT2D eigenvalue weighted by Crippen LogP contribution is -2.45. The molecule has 3 aromatic carbocycles. The first kappa shape index (κ1) is 20.5. The molecule has 5 rings (SSSR count). The van der Waals surface area contributed by atoms with E-state index in [0.717, 1.165) is 37.5 Å². The van der Waals surface area contributed by atoms with E-state index in [9.17, 15) is 4.79 Å². The average molecular weight is 426 g/mol. The van der Waals surface area contributed by atoms with Gasteiger partial charge in [-0.05, 0) is 59.0 Å². The maximum Gasteiger partial charge on any atom is 0.308 e. The van der Waals surface area contributed by atoms with Crippen molar-refractivity contribution in [3.8, 4) is 16.9 Å². The lowest BCUT2D eigenvalue weighted by molar-refractivity contribution is -0.131. The Labute approximate surface area is 188 Å². The van der Waals surface area contributed by atoms with Gasteiger partial charge in [0, 0.05) is 33.1 Å². The van der Waals surface area contributed by atoms with Crippen LogP contribution >= 0.6 is 0 Å². The summed E-state index contributed by atoms with van der Waals surface area (Å²) in [5.74, 6) is 0.244. The first-order chi connectivity index (χ1) is 15.6. The molecular weight excluding hydrogens is 398 g/mol. The van der Waals surface area contributed by atoms with Crippen LogP contribution in [0, 0.1) is 0 Å². The van der Waals surface area contributed by atoms with Gasteiger partial charge < -0.3 is 4.74 Å². The fourth-order valence-electron chi connectivity index (χ4n) is 4.79. The number of hydrogen-bond acceptors (Lipinski definition) is 5. The van der Waals surface area contributed by atoms with Gasteiger partial charge in [-0.2, -0.15) is 5.10 Å². The molecule has 5 heteroatoms. The summed E-state index contributed by atoms with van der Waals surface area (Å²) in [6, 6.07) is 25.4. The summed E-state index contributed by atoms with van der Waals surface area (Å²) < 4.78 is 5.11. The molecule has 1 aliphatic heterocycles. The molecule has 1 fully saturated rings. The van der Waals surface area contributed by atoms with Gasteiger partial charge in [-0.3, -0.25) is 14.7 Å². The Morgan fingerprint density at radius 3 is 1.94 bits per heavy atom. The summed E-state index contributed by atoms with van der Waals surface area (Å²) in [5.41, 5.74) is 7.54. The lowest BCUT2D eigenvalue weighted by atomic mass is 10.0. The first-order valence-corrected chi connectivity index (χ1v) is 11.1. The first-order valence-electron chi connectivity index (χ1n) is 11.1. The minimum absolute atomic E-state index is 0.312. The van der Waals surface area contributed by atoms with Crippen LogP contribution < -0.4 is 4.74 Å². The Kier molecular flexibility index (Phi) is 5.50. The quantitative estimate of drug-likeness (QED) is 0.345. The Morgan fingerprint density at radius 2 is 1.38 bits per heavy atom. The number of hydrogen-bond donors (Lipinski definition) is 0. The van der Waals surface area contributed by atoms with Crippen LogP contribution in [-0.2, 0) is 4.79 Å². The van der Waals surface area contributed by atoms with Crippen molar-refractivity contribution < 1.29 is 9.53 Å². The zero-order valence-electron chi connectivity index (χ0n) is 18.5. The van der Waals surface area contributed by atoms with Crippen molar-refractivity contribution >= 4 is 11.7 Å². The van der Waals surface area contributed by atoms with Gasteiger partial charge in [-0.1, -0.05) is 48.5 Å². The van der Waals surface area contributed by atoms with Gasteiger partial charge in [-0.25, -0.2) is 0 Å². The molecule has 0 N–H and O–H groups in total. The van der Waals surface area contributed by atoms with Crippen LogP contribution in [0.5, 0.6) is 5.75 Å². The van der Waals surface area contributed by atoms with Crippen molar-refractivity contribution in [2.24, 2.45) is 5.10 Å². The van der Waals surface area contributed by atoms with Crippen molar-refractivity contribution in [2.75, 3.05) is 26.2 Å². The van der Waals surface area contributed by atoms with Gasteiger partial charge in [-0.15, -0.1) is 0 Å². The maximum atomic E-state index is 11.1. The average Bonchev–Trinajstić information content (AvgIpc) is 3.14. The predicted octanol–water partition coefficient (Wildman–Crippen LogP) is 4.72. The van der Waals surface area contributed by atoms with E-state index < -0.39 is 0 Å². The van der Waals surface area contributed by atoms with Crippen LogP contribution in [0.25, 0.3) is 11.1 Å². The zero-order chi connectivity index (χ0) is 22.1. The van der Waals surface area contributed by atoms with Crippen molar-refractivity contribution in [3.05, 3.63) is 89.5 Å². The van der Waals surface area contributed by atoms with Gasteiger partial charge in [0.1, 0.15) is 5.75 Å². The van der Waals surface area contributed by atoms with Gasteiger partial charge in [0.2, 0.25) is 0 Å². The van der Waals surface area contributed by atoms with Crippen LogP contribution in [0.15, 0.2) is 77.9 Å². The molecule has 1 saturated heterocycles. The van der Waals surface area contributed by atoms with Crippen molar-refractivity contribution in [1.29, 1.82) is 0 Å². The number of piperazine rings is 1. The summed E-state index contributed by atoms with van der Waals surface area (Å²) in [7, 11) is 0. The molecule has 0 radical (unpaired) electrons. The van der Waals surface area contributed by atoms with Gasteiger partial charge in [0.15, 0.2) is 0 Å². The van der Waals surface area contributed by atoms with Crippen LogP contribution in [0.1, 0.15) is 36.6 Å². The Hall–Kier alpha value is -3.44. The van der Waals surface area contributed by atoms with E-state index >= 15 is 0 Å². The highest BCUT2D eigenvalue weighted by Gasteiger charge is 2.33. The van der Waals surface area contributed by atoms with Gasteiger partial charge in [0.25, 0.3) is 0 Å². The fourth-order valence-corrected chi connectivity index (χ4v) is 4.79. The highest BCUT2D eigenvalue weighted by Crippen LogP contribution is 2.46. The highest BCUT2D eigenvalue weighted by atomic mass is 16.5. The van der Waals surface area contributed by atoms with Gasteiger partial charge >= 0.3 is 5.97 Å². The molecule has 3 aromatic rings. The van der Waals surface area contributed by atoms with Crippen molar-refractivity contribution in [1.82, 2.24) is 9.91 Å². The van der Waals surface area contributed by atoms with E-state index in [1.807, 2.05) is 31.2 Å². The van der Waals surface area contributed by atoms with E-state index in [0.29, 0.717) is 11.8 Å². The third-order valence-electron chi connectivity index (χ3n) is 6.28. The molecule has 0 aromatic heterocycles. The molecule has 2 aliphatic rings. The molecule has 32 heavy (non-hydrogen) atoms. The third-order valence-corrected chi connectivity index (χ3v) is 6.28. The standard InChI is InChI=1S/C27H27N3O2/c1-19(21-11-13-22(14-12-21)32-20(2)31)28-30-17-15-29(16-18-30)27-25-9-5-3-7-23(25)24-8-4-6-10-26(24)27/h3-14,27H,15-18H2,1-2H3/b28-19-. The lowest BCUT2D eigenvalue weighted by Gasteiger charge is -2.37. The monoisotopic (exact) mass is 425 g/mol. The van der Waals surface area contributed by atoms with E-state index in [2.05, 4.69) is 58.4 Å². The zero-order valence-corrected chi connectivity index (χ0v) is 18.5. The number of fused-ring (bicyclic) bond motifs is 3. The Bertz CT molecular complexity index is 1120. The van der Waals surface area contributed by atoms with Crippen molar-refractivity contribution in [2.45, 2.75) is 19.9 Å². The number of carbonyl (C=O) groups excluding carboxylic acids is 1. The SMILES string of the molecule is CC(=O)Oc1ccc(/C(C)=N\N2CCN(C3c4ccccc4-c4ccccc43)CC2)cc1. The highest BCUT2D eigenvalue weighted by molar-refractivity contribution is 5.98. The Balaban J connectivity index is 1.28. The summed E-state index contributed by atoms with van der Waals surface area (Å²) in [5, 5.41) is 7.03. The topological polar surface area (TPSA) is 45.1 Å². The van der Waals surface area contributed by atoms with Crippen LogP contribution in [0.3, 0.4) is 0 Å². The molecule has 1 aliphatic carbocycles. The number of carbonyl (C=O) groups is 1. The number of benzene rings is 3. The van der Waals surface area contributed by atoms with E-state index in [-0.39, 0.29) is 5.97 Å². The number of hydrazone groups is 1. The second kappa shape index (κ2) is 8.60. The molecule has 1 heterocycles. The molecule has 0 saturated carbocycles. The van der Waals surface area contributed by atoms with E-state index in [1.54, 1.807) is 0 Å². The molecule has 0 bridgehead atoms. The minimum atomic E-state index is -0.312. The predicted molar refractivity (Wildman–Crippen MR) is 127 cm³/mol. The van der Waals surface area contributed by atoms with Gasteiger partial charge in [0.05, 0.1) is 11.8 Å². The summed E-state index contributed by atoms with van der Waals surface area (Å²) in [6.07, 6.45) is 0. The number of nitrogens with zero attached hydrogens (tertiary/aromatic N) is 3. The minimum Gasteiger partial charge on any atom is -0.427 e. The molecule has 162 valence electrons. The van der Waals surface area contributed by atoms with E-state index in [4.69, 9.17) is 9.84 Å². The molecule has 0 unspecified atom stereocenters. The third kappa shape index (κ3) is 3.92. The molecule has 0 amide bonds. The molecule has 0 spiro atoms. The second-order valence-corrected chi connectivity index (χ2v) is 8.37. The van der Waals surface area contributed by atoms with Crippen molar-refractivity contribution in [3.63, 3.8) is 0 Å². The fraction of sp³-hybridized carbons (Fsp3) is 0.259. The normalized spacial score (nSPS) is 16.6.